The molecule has 0 unspecified atom stereocenters. The molecule has 5 heteroatoms. The van der Waals surface area contributed by atoms with E-state index in [9.17, 15) is 4.79 Å². The Labute approximate surface area is 116 Å². The third-order valence-electron chi connectivity index (χ3n) is 3.18. The fourth-order valence-electron chi connectivity index (χ4n) is 1.91. The van der Waals surface area contributed by atoms with Crippen molar-refractivity contribution in [2.24, 2.45) is 0 Å². The van der Waals surface area contributed by atoms with Gasteiger partial charge >= 0.3 is 0 Å². The lowest BCUT2D eigenvalue weighted by Gasteiger charge is -2.32. The zero-order valence-corrected chi connectivity index (χ0v) is 12.3. The number of nitrogens with one attached hydrogen (secondary N) is 1. The smallest absolute Gasteiger partial charge is 0.265 e. The molecule has 1 aromatic rings. The summed E-state index contributed by atoms with van der Waals surface area (Å²) in [6, 6.07) is 5.65. The standard InChI is InChI=1S/C13H18BrN3O/c1-10-9-11(3-4-12(10)14)13(18)15-17-7-5-16(2)6-8-17/h3-4,9H,5-8H2,1-2H3,(H,15,18). The van der Waals surface area contributed by atoms with Crippen LogP contribution in [-0.2, 0) is 0 Å². The molecule has 1 aliphatic rings. The van der Waals surface area contributed by atoms with Crippen LogP contribution in [0.1, 0.15) is 15.9 Å². The predicted octanol–water partition coefficient (Wildman–Crippen LogP) is 1.65. The van der Waals surface area contributed by atoms with Gasteiger partial charge in [0.2, 0.25) is 0 Å². The Morgan fingerprint density at radius 2 is 1.94 bits per heavy atom. The van der Waals surface area contributed by atoms with Gasteiger partial charge in [0.25, 0.3) is 5.91 Å². The quantitative estimate of drug-likeness (QED) is 0.902. The van der Waals surface area contributed by atoms with Crippen LogP contribution in [0.4, 0.5) is 0 Å². The summed E-state index contributed by atoms with van der Waals surface area (Å²) < 4.78 is 1.03. The van der Waals surface area contributed by atoms with Crippen LogP contribution < -0.4 is 5.43 Å². The van der Waals surface area contributed by atoms with Crippen LogP contribution in [0.15, 0.2) is 22.7 Å². The fourth-order valence-corrected chi connectivity index (χ4v) is 2.16. The number of hydrogen-bond acceptors (Lipinski definition) is 3. The number of benzene rings is 1. The van der Waals surface area contributed by atoms with Gasteiger partial charge in [-0.05, 0) is 37.7 Å². The van der Waals surface area contributed by atoms with Gasteiger partial charge < -0.3 is 4.90 Å². The first kappa shape index (κ1) is 13.5. The zero-order chi connectivity index (χ0) is 13.1. The van der Waals surface area contributed by atoms with Crippen LogP contribution in [-0.4, -0.2) is 49.0 Å². The maximum absolute atomic E-state index is 12.1. The maximum atomic E-state index is 12.1. The molecule has 0 aromatic heterocycles. The van der Waals surface area contributed by atoms with E-state index in [1.165, 1.54) is 0 Å². The van der Waals surface area contributed by atoms with E-state index in [1.807, 2.05) is 30.1 Å². The largest absolute Gasteiger partial charge is 0.304 e. The third kappa shape index (κ3) is 3.31. The monoisotopic (exact) mass is 311 g/mol. The van der Waals surface area contributed by atoms with Gasteiger partial charge in [-0.25, -0.2) is 5.01 Å². The van der Waals surface area contributed by atoms with E-state index in [4.69, 9.17) is 0 Å². The topological polar surface area (TPSA) is 35.6 Å². The van der Waals surface area contributed by atoms with Crippen molar-refractivity contribution in [2.45, 2.75) is 6.92 Å². The highest BCUT2D eigenvalue weighted by Crippen LogP contribution is 2.17. The van der Waals surface area contributed by atoms with E-state index >= 15 is 0 Å². The molecule has 0 radical (unpaired) electrons. The van der Waals surface area contributed by atoms with Crippen LogP contribution in [0.25, 0.3) is 0 Å². The van der Waals surface area contributed by atoms with Crippen molar-refractivity contribution in [3.05, 3.63) is 33.8 Å². The minimum atomic E-state index is -0.0323. The number of hydrazine groups is 1. The van der Waals surface area contributed by atoms with Gasteiger partial charge in [-0.3, -0.25) is 10.2 Å². The van der Waals surface area contributed by atoms with E-state index < -0.39 is 0 Å². The second-order valence-corrected chi connectivity index (χ2v) is 5.55. The molecule has 4 nitrogen and oxygen atoms in total. The fraction of sp³-hybridized carbons (Fsp3) is 0.462. The highest BCUT2D eigenvalue weighted by molar-refractivity contribution is 9.10. The Morgan fingerprint density at radius 3 is 2.56 bits per heavy atom. The molecule has 98 valence electrons. The molecule has 1 fully saturated rings. The van der Waals surface area contributed by atoms with Gasteiger partial charge in [-0.2, -0.15) is 0 Å². The molecule has 0 saturated carbocycles. The highest BCUT2D eigenvalue weighted by Gasteiger charge is 2.16. The number of hydrogen-bond donors (Lipinski definition) is 1. The van der Waals surface area contributed by atoms with E-state index in [0.717, 1.165) is 36.2 Å². The number of amides is 1. The average Bonchev–Trinajstić information content (AvgIpc) is 2.35. The summed E-state index contributed by atoms with van der Waals surface area (Å²) in [5.74, 6) is -0.0323. The first-order valence-corrected chi connectivity index (χ1v) is 6.86. The molecule has 18 heavy (non-hydrogen) atoms. The molecule has 1 saturated heterocycles. The van der Waals surface area contributed by atoms with E-state index in [1.54, 1.807) is 0 Å². The minimum absolute atomic E-state index is 0.0323. The summed E-state index contributed by atoms with van der Waals surface area (Å²) in [5, 5.41) is 1.99. The van der Waals surface area contributed by atoms with Crippen LogP contribution in [0.5, 0.6) is 0 Å². The van der Waals surface area contributed by atoms with Gasteiger partial charge in [0, 0.05) is 36.2 Å². The average molecular weight is 312 g/mol. The number of aryl methyl sites for hydroxylation is 1. The molecule has 1 aromatic carbocycles. The first-order valence-electron chi connectivity index (χ1n) is 6.07. The lowest BCUT2D eigenvalue weighted by molar-refractivity contribution is 0.0662. The lowest BCUT2D eigenvalue weighted by Crippen LogP contribution is -2.52. The summed E-state index contributed by atoms with van der Waals surface area (Å²) in [4.78, 5) is 14.3. The Morgan fingerprint density at radius 1 is 1.28 bits per heavy atom. The van der Waals surface area contributed by atoms with Crippen molar-refractivity contribution in [3.63, 3.8) is 0 Å². The summed E-state index contributed by atoms with van der Waals surface area (Å²) in [7, 11) is 2.09. The van der Waals surface area contributed by atoms with Crippen molar-refractivity contribution in [1.82, 2.24) is 15.3 Å². The van der Waals surface area contributed by atoms with Crippen molar-refractivity contribution >= 4 is 21.8 Å². The van der Waals surface area contributed by atoms with Crippen molar-refractivity contribution < 1.29 is 4.79 Å². The SMILES string of the molecule is Cc1cc(C(=O)NN2CCN(C)CC2)ccc1Br. The molecule has 1 N–H and O–H groups in total. The Kier molecular flexibility index (Phi) is 4.37. The third-order valence-corrected chi connectivity index (χ3v) is 4.07. The predicted molar refractivity (Wildman–Crippen MR) is 75.4 cm³/mol. The summed E-state index contributed by atoms with van der Waals surface area (Å²) in [5.41, 5.74) is 4.73. The summed E-state index contributed by atoms with van der Waals surface area (Å²) in [6.07, 6.45) is 0. The molecular weight excluding hydrogens is 294 g/mol. The van der Waals surface area contributed by atoms with E-state index in [2.05, 4.69) is 33.3 Å². The van der Waals surface area contributed by atoms with Gasteiger partial charge in [-0.1, -0.05) is 15.9 Å². The van der Waals surface area contributed by atoms with Crippen LogP contribution in [0.3, 0.4) is 0 Å². The van der Waals surface area contributed by atoms with Gasteiger partial charge in [0.15, 0.2) is 0 Å². The number of carbonyl (C=O) groups excluding carboxylic acids is 1. The van der Waals surface area contributed by atoms with Crippen LogP contribution >= 0.6 is 15.9 Å². The molecule has 0 atom stereocenters. The Bertz CT molecular complexity index is 442. The van der Waals surface area contributed by atoms with Crippen molar-refractivity contribution in [3.8, 4) is 0 Å². The summed E-state index contributed by atoms with van der Waals surface area (Å²) >= 11 is 3.44. The van der Waals surface area contributed by atoms with Crippen LogP contribution in [0.2, 0.25) is 0 Å². The number of likely N-dealkylation sites (N-methyl/N-ethyl adjacent to an activating group) is 1. The van der Waals surface area contributed by atoms with Crippen molar-refractivity contribution in [1.29, 1.82) is 0 Å². The van der Waals surface area contributed by atoms with Gasteiger partial charge in [0.1, 0.15) is 0 Å². The molecule has 1 heterocycles. The molecule has 2 rings (SSSR count). The number of carbonyl (C=O) groups is 1. The first-order chi connectivity index (χ1) is 8.56. The second kappa shape index (κ2) is 5.82. The summed E-state index contributed by atoms with van der Waals surface area (Å²) in [6.45, 7) is 5.70. The van der Waals surface area contributed by atoms with E-state index in [-0.39, 0.29) is 5.91 Å². The van der Waals surface area contributed by atoms with Crippen molar-refractivity contribution in [2.75, 3.05) is 33.2 Å². The Hall–Kier alpha value is -0.910. The normalized spacial score (nSPS) is 17.7. The van der Waals surface area contributed by atoms with Gasteiger partial charge in [-0.15, -0.1) is 0 Å². The number of halogens is 1. The molecule has 0 spiro atoms. The lowest BCUT2D eigenvalue weighted by atomic mass is 10.1. The molecular formula is C13H18BrN3O. The van der Waals surface area contributed by atoms with Gasteiger partial charge in [0.05, 0.1) is 0 Å². The molecule has 1 aliphatic heterocycles. The molecule has 0 bridgehead atoms. The second-order valence-electron chi connectivity index (χ2n) is 4.70. The number of piperazine rings is 1. The van der Waals surface area contributed by atoms with Crippen LogP contribution in [0, 0.1) is 6.92 Å². The molecule has 0 aliphatic carbocycles. The zero-order valence-electron chi connectivity index (χ0n) is 10.7. The number of rotatable bonds is 2. The van der Waals surface area contributed by atoms with E-state index in [0.29, 0.717) is 5.56 Å². The maximum Gasteiger partial charge on any atom is 0.265 e. The molecule has 1 amide bonds. The Balaban J connectivity index is 1.97. The number of nitrogens with zero attached hydrogens (tertiary/aromatic N) is 2. The highest BCUT2D eigenvalue weighted by atomic mass is 79.9. The minimum Gasteiger partial charge on any atom is -0.304 e.